The number of hydrogen-bond acceptors (Lipinski definition) is 10. The van der Waals surface area contributed by atoms with E-state index in [1.807, 2.05) is 24.4 Å². The fourth-order valence-electron chi connectivity index (χ4n) is 5.37. The van der Waals surface area contributed by atoms with Crippen molar-refractivity contribution in [1.82, 2.24) is 34.4 Å². The average molecular weight is 498 g/mol. The molecule has 1 aromatic carbocycles. The molecule has 0 spiro atoms. The van der Waals surface area contributed by atoms with Gasteiger partial charge in [0.2, 0.25) is 17.7 Å². The lowest BCUT2D eigenvalue weighted by Gasteiger charge is -2.46. The first-order chi connectivity index (χ1) is 18.2. The minimum atomic E-state index is 0.262. The van der Waals surface area contributed by atoms with Crippen molar-refractivity contribution < 1.29 is 9.15 Å². The van der Waals surface area contributed by atoms with Crippen LogP contribution in [-0.2, 0) is 0 Å². The van der Waals surface area contributed by atoms with E-state index in [9.17, 15) is 0 Å². The van der Waals surface area contributed by atoms with Gasteiger partial charge in [0, 0.05) is 55.8 Å². The lowest BCUT2D eigenvalue weighted by atomic mass is 9.91. The molecule has 2 saturated heterocycles. The van der Waals surface area contributed by atoms with E-state index >= 15 is 0 Å². The molecule has 11 heteroatoms. The van der Waals surface area contributed by atoms with Crippen LogP contribution in [0.25, 0.3) is 28.3 Å². The number of aromatic nitrogens is 6. The van der Waals surface area contributed by atoms with Crippen LogP contribution in [0, 0.1) is 5.92 Å². The lowest BCUT2D eigenvalue weighted by molar-refractivity contribution is 0.0726. The van der Waals surface area contributed by atoms with Crippen molar-refractivity contribution in [3.63, 3.8) is 0 Å². The van der Waals surface area contributed by atoms with Gasteiger partial charge >= 0.3 is 0 Å². The quantitative estimate of drug-likeness (QED) is 0.388. The van der Waals surface area contributed by atoms with Crippen LogP contribution in [0.15, 0.2) is 59.3 Å². The molecule has 2 atom stereocenters. The maximum Gasteiger partial charge on any atom is 0.259 e. The molecule has 7 rings (SSSR count). The molecule has 2 N–H and O–H groups in total. The van der Waals surface area contributed by atoms with E-state index in [2.05, 4.69) is 47.0 Å². The Bertz CT molecular complexity index is 1550. The summed E-state index contributed by atoms with van der Waals surface area (Å²) in [4.78, 5) is 22.9. The molecule has 11 nitrogen and oxygen atoms in total. The summed E-state index contributed by atoms with van der Waals surface area (Å²) in [5, 5.41) is 5.51. The normalized spacial score (nSPS) is 20.4. The number of furan rings is 1. The molecular formula is C26H27N9O2. The summed E-state index contributed by atoms with van der Waals surface area (Å²) in [6, 6.07) is 14.2. The molecule has 6 heterocycles. The fraction of sp³-hybridized carbons (Fsp3) is 0.346. The number of fused-ring (bicyclic) bond motifs is 3. The number of pyridine rings is 1. The number of nitrogen functional groups attached to an aromatic ring is 1. The Hall–Kier alpha value is -4.25. The number of benzene rings is 1. The Morgan fingerprint density at radius 2 is 2.00 bits per heavy atom. The highest BCUT2D eigenvalue weighted by atomic mass is 16.5. The van der Waals surface area contributed by atoms with E-state index < -0.39 is 0 Å². The summed E-state index contributed by atoms with van der Waals surface area (Å²) in [5.41, 5.74) is 7.18. The zero-order valence-corrected chi connectivity index (χ0v) is 20.3. The summed E-state index contributed by atoms with van der Waals surface area (Å²) >= 11 is 0. The second kappa shape index (κ2) is 9.00. The predicted octanol–water partition coefficient (Wildman–Crippen LogP) is 2.89. The van der Waals surface area contributed by atoms with Crippen molar-refractivity contribution in [2.75, 3.05) is 43.4 Å². The fourth-order valence-corrected chi connectivity index (χ4v) is 5.37. The molecule has 2 unspecified atom stereocenters. The molecule has 37 heavy (non-hydrogen) atoms. The average Bonchev–Trinajstić information content (AvgIpc) is 3.62. The third kappa shape index (κ3) is 4.20. The third-order valence-electron chi connectivity index (χ3n) is 7.31. The van der Waals surface area contributed by atoms with Gasteiger partial charge in [0.1, 0.15) is 5.75 Å². The molecular weight excluding hydrogens is 470 g/mol. The van der Waals surface area contributed by atoms with Crippen LogP contribution in [0.3, 0.4) is 0 Å². The second-order valence-corrected chi connectivity index (χ2v) is 9.71. The zero-order valence-electron chi connectivity index (χ0n) is 20.3. The molecule has 5 aromatic rings. The molecule has 0 saturated carbocycles. The van der Waals surface area contributed by atoms with Gasteiger partial charge in [0.15, 0.2) is 5.76 Å². The van der Waals surface area contributed by atoms with Crippen molar-refractivity contribution >= 4 is 28.6 Å². The van der Waals surface area contributed by atoms with E-state index in [4.69, 9.17) is 14.9 Å². The molecule has 188 valence electrons. The highest BCUT2D eigenvalue weighted by Gasteiger charge is 2.34. The number of anilines is 2. The molecule has 4 aromatic heterocycles. The smallest absolute Gasteiger partial charge is 0.259 e. The van der Waals surface area contributed by atoms with Gasteiger partial charge in [-0.15, -0.1) is 5.10 Å². The Morgan fingerprint density at radius 1 is 1.03 bits per heavy atom. The predicted molar refractivity (Wildman–Crippen MR) is 138 cm³/mol. The first-order valence-corrected chi connectivity index (χ1v) is 12.6. The first kappa shape index (κ1) is 22.0. The molecule has 0 bridgehead atoms. The van der Waals surface area contributed by atoms with Crippen molar-refractivity contribution in [2.45, 2.75) is 18.9 Å². The largest absolute Gasteiger partial charge is 0.493 e. The lowest BCUT2D eigenvalue weighted by Crippen LogP contribution is -2.57. The van der Waals surface area contributed by atoms with Crippen molar-refractivity contribution in [3.05, 3.63) is 54.9 Å². The maximum atomic E-state index is 6.22. The molecule has 0 aliphatic carbocycles. The number of rotatable bonds is 5. The Kier molecular flexibility index (Phi) is 5.35. The summed E-state index contributed by atoms with van der Waals surface area (Å²) in [7, 11) is 0. The van der Waals surface area contributed by atoms with Gasteiger partial charge in [-0.1, -0.05) is 6.07 Å². The number of ether oxygens (including phenoxy) is 1. The van der Waals surface area contributed by atoms with Crippen LogP contribution in [0.1, 0.15) is 12.8 Å². The monoisotopic (exact) mass is 497 g/mol. The van der Waals surface area contributed by atoms with Crippen molar-refractivity contribution in [1.29, 1.82) is 0 Å². The van der Waals surface area contributed by atoms with Crippen LogP contribution in [0.4, 0.5) is 11.9 Å². The van der Waals surface area contributed by atoms with Gasteiger partial charge in [-0.2, -0.15) is 19.5 Å². The zero-order chi connectivity index (χ0) is 24.8. The number of piperidine rings is 1. The first-order valence-electron chi connectivity index (χ1n) is 12.6. The van der Waals surface area contributed by atoms with Gasteiger partial charge in [-0.3, -0.25) is 9.88 Å². The summed E-state index contributed by atoms with van der Waals surface area (Å²) in [6.45, 7) is 4.38. The Balaban J connectivity index is 0.996. The van der Waals surface area contributed by atoms with E-state index in [1.165, 1.54) is 4.52 Å². The van der Waals surface area contributed by atoms with Crippen LogP contribution in [0.5, 0.6) is 5.75 Å². The summed E-state index contributed by atoms with van der Waals surface area (Å²) < 4.78 is 13.0. The molecule has 0 amide bonds. The summed E-state index contributed by atoms with van der Waals surface area (Å²) in [5.74, 6) is 3.66. The highest BCUT2D eigenvalue weighted by molar-refractivity contribution is 5.79. The molecule has 2 aliphatic rings. The van der Waals surface area contributed by atoms with E-state index in [0.717, 1.165) is 55.7 Å². The standard InChI is InChI=1S/C26H27N9O2/c27-24-30-25(31-26-29-23(32-35(24)26)22-4-2-12-36-22)34-11-10-33-14-17(5-7-19(33)15-34)16-37-20-8-6-18-3-1-9-28-21(18)13-20/h1-4,6,8-9,12-13,17,19H,5,7,10-11,14-16H2,(H2,27,29,30,31,32). The number of nitrogens with zero attached hydrogens (tertiary/aromatic N) is 8. The number of hydrogen-bond donors (Lipinski definition) is 1. The number of piperazine rings is 1. The van der Waals surface area contributed by atoms with Gasteiger partial charge in [0.25, 0.3) is 5.78 Å². The Morgan fingerprint density at radius 3 is 2.92 bits per heavy atom. The van der Waals surface area contributed by atoms with E-state index in [0.29, 0.717) is 41.9 Å². The van der Waals surface area contributed by atoms with E-state index in [-0.39, 0.29) is 5.95 Å². The van der Waals surface area contributed by atoms with Gasteiger partial charge in [0.05, 0.1) is 18.4 Å². The highest BCUT2D eigenvalue weighted by Crippen LogP contribution is 2.28. The van der Waals surface area contributed by atoms with Crippen molar-refractivity contribution in [3.8, 4) is 17.3 Å². The summed E-state index contributed by atoms with van der Waals surface area (Å²) in [6.07, 6.45) is 5.63. The minimum absolute atomic E-state index is 0.262. The van der Waals surface area contributed by atoms with Gasteiger partial charge in [-0.05, 0) is 43.2 Å². The Labute approximate surface area is 212 Å². The number of nitrogens with two attached hydrogens (primary N) is 1. The topological polar surface area (TPSA) is 124 Å². The maximum absolute atomic E-state index is 6.22. The van der Waals surface area contributed by atoms with Crippen LogP contribution < -0.4 is 15.4 Å². The van der Waals surface area contributed by atoms with Crippen molar-refractivity contribution in [2.24, 2.45) is 5.92 Å². The SMILES string of the molecule is Nc1nc(N2CCN3CC(COc4ccc5cccnc5c4)CCC3C2)nc2nc(-c3ccco3)nn12. The second-order valence-electron chi connectivity index (χ2n) is 9.71. The van der Waals surface area contributed by atoms with Gasteiger partial charge < -0.3 is 19.8 Å². The third-order valence-corrected chi connectivity index (χ3v) is 7.31. The van der Waals surface area contributed by atoms with Gasteiger partial charge in [-0.25, -0.2) is 0 Å². The van der Waals surface area contributed by atoms with Crippen LogP contribution >= 0.6 is 0 Å². The van der Waals surface area contributed by atoms with E-state index in [1.54, 1.807) is 18.4 Å². The van der Waals surface area contributed by atoms with Crippen LogP contribution in [-0.4, -0.2) is 73.3 Å². The molecule has 2 fully saturated rings. The molecule has 0 radical (unpaired) electrons. The van der Waals surface area contributed by atoms with Crippen LogP contribution in [0.2, 0.25) is 0 Å². The molecule has 2 aliphatic heterocycles. The minimum Gasteiger partial charge on any atom is -0.493 e.